The highest BCUT2D eigenvalue weighted by molar-refractivity contribution is 6.03. The van der Waals surface area contributed by atoms with Gasteiger partial charge in [-0.2, -0.15) is 0 Å². The number of anilines is 3. The standard InChI is InChI=1S/C23H24N4O/c1-18-6-5-7-19(16-18)25-23(28)22-17-21(10-11-24-22)27-14-12-26(13-15-27)20-8-3-2-4-9-20/h2-11,16-17H,12-15H2,1H3,(H,25,28). The van der Waals surface area contributed by atoms with Gasteiger partial charge in [-0.05, 0) is 48.9 Å². The van der Waals surface area contributed by atoms with Gasteiger partial charge in [0.2, 0.25) is 0 Å². The molecular formula is C23H24N4O. The fraction of sp³-hybridized carbons (Fsp3) is 0.217. The van der Waals surface area contributed by atoms with Gasteiger partial charge in [-0.1, -0.05) is 30.3 Å². The summed E-state index contributed by atoms with van der Waals surface area (Å²) < 4.78 is 0. The molecule has 0 unspecified atom stereocenters. The third-order valence-electron chi connectivity index (χ3n) is 5.02. The molecule has 0 radical (unpaired) electrons. The normalized spacial score (nSPS) is 14.0. The summed E-state index contributed by atoms with van der Waals surface area (Å²) in [5.74, 6) is -0.185. The van der Waals surface area contributed by atoms with Crippen molar-refractivity contribution in [1.82, 2.24) is 4.98 Å². The number of carbonyl (C=O) groups is 1. The first-order valence-electron chi connectivity index (χ1n) is 9.58. The average Bonchev–Trinajstić information content (AvgIpc) is 2.75. The second-order valence-corrected chi connectivity index (χ2v) is 7.03. The molecule has 2 heterocycles. The largest absolute Gasteiger partial charge is 0.368 e. The minimum Gasteiger partial charge on any atom is -0.368 e. The first-order chi connectivity index (χ1) is 13.7. The number of hydrogen-bond donors (Lipinski definition) is 1. The second kappa shape index (κ2) is 8.13. The summed E-state index contributed by atoms with van der Waals surface area (Å²) in [4.78, 5) is 21.6. The van der Waals surface area contributed by atoms with E-state index in [9.17, 15) is 4.79 Å². The molecule has 5 nitrogen and oxygen atoms in total. The maximum atomic E-state index is 12.6. The van der Waals surface area contributed by atoms with Crippen molar-refractivity contribution in [3.8, 4) is 0 Å². The molecule has 1 fully saturated rings. The Labute approximate surface area is 165 Å². The lowest BCUT2D eigenvalue weighted by molar-refractivity contribution is 0.102. The summed E-state index contributed by atoms with van der Waals surface area (Å²) in [7, 11) is 0. The molecule has 1 N–H and O–H groups in total. The van der Waals surface area contributed by atoms with Gasteiger partial charge in [-0.3, -0.25) is 9.78 Å². The molecule has 142 valence electrons. The Kier molecular flexibility index (Phi) is 5.24. The number of para-hydroxylation sites is 1. The SMILES string of the molecule is Cc1cccc(NC(=O)c2cc(N3CCN(c4ccccc4)CC3)ccn2)c1. The Morgan fingerprint density at radius 2 is 1.57 bits per heavy atom. The molecule has 4 rings (SSSR count). The number of pyridine rings is 1. The topological polar surface area (TPSA) is 48.5 Å². The van der Waals surface area contributed by atoms with Gasteiger partial charge in [0.25, 0.3) is 5.91 Å². The molecule has 1 aliphatic heterocycles. The van der Waals surface area contributed by atoms with Crippen LogP contribution in [0, 0.1) is 6.92 Å². The van der Waals surface area contributed by atoms with Gasteiger partial charge in [0.15, 0.2) is 0 Å². The van der Waals surface area contributed by atoms with Crippen molar-refractivity contribution in [2.24, 2.45) is 0 Å². The van der Waals surface area contributed by atoms with Crippen molar-refractivity contribution < 1.29 is 4.79 Å². The third kappa shape index (κ3) is 4.14. The Morgan fingerprint density at radius 3 is 2.29 bits per heavy atom. The molecule has 0 bridgehead atoms. The summed E-state index contributed by atoms with van der Waals surface area (Å²) in [6.45, 7) is 5.74. The highest BCUT2D eigenvalue weighted by atomic mass is 16.1. The van der Waals surface area contributed by atoms with Crippen molar-refractivity contribution in [1.29, 1.82) is 0 Å². The molecule has 2 aromatic carbocycles. The monoisotopic (exact) mass is 372 g/mol. The van der Waals surface area contributed by atoms with Crippen molar-refractivity contribution >= 4 is 23.0 Å². The van der Waals surface area contributed by atoms with E-state index in [0.717, 1.165) is 43.1 Å². The number of rotatable bonds is 4. The van der Waals surface area contributed by atoms with Crippen LogP contribution in [0.4, 0.5) is 17.1 Å². The molecule has 3 aromatic rings. The highest BCUT2D eigenvalue weighted by Crippen LogP contribution is 2.21. The van der Waals surface area contributed by atoms with E-state index in [2.05, 4.69) is 44.4 Å². The molecule has 28 heavy (non-hydrogen) atoms. The predicted octanol–water partition coefficient (Wildman–Crippen LogP) is 3.97. The van der Waals surface area contributed by atoms with Gasteiger partial charge in [0.1, 0.15) is 5.69 Å². The summed E-state index contributed by atoms with van der Waals surface area (Å²) in [6.07, 6.45) is 1.71. The number of amides is 1. The Bertz CT molecular complexity index is 950. The third-order valence-corrected chi connectivity index (χ3v) is 5.02. The van der Waals surface area contributed by atoms with Crippen molar-refractivity contribution in [3.63, 3.8) is 0 Å². The van der Waals surface area contributed by atoms with Crippen LogP contribution in [0.3, 0.4) is 0 Å². The van der Waals surface area contributed by atoms with E-state index < -0.39 is 0 Å². The number of hydrogen-bond acceptors (Lipinski definition) is 4. The number of nitrogens with one attached hydrogen (secondary N) is 1. The molecule has 1 amide bonds. The lowest BCUT2D eigenvalue weighted by atomic mass is 10.2. The van der Waals surface area contributed by atoms with Gasteiger partial charge < -0.3 is 15.1 Å². The van der Waals surface area contributed by atoms with Crippen LogP contribution in [0.25, 0.3) is 0 Å². The van der Waals surface area contributed by atoms with E-state index in [1.807, 2.05) is 49.4 Å². The van der Waals surface area contributed by atoms with Crippen molar-refractivity contribution in [3.05, 3.63) is 84.2 Å². The average molecular weight is 372 g/mol. The fourth-order valence-corrected chi connectivity index (χ4v) is 3.52. The van der Waals surface area contributed by atoms with Gasteiger partial charge in [0, 0.05) is 49.4 Å². The molecular weight excluding hydrogens is 348 g/mol. The van der Waals surface area contributed by atoms with Crippen molar-refractivity contribution in [2.75, 3.05) is 41.3 Å². The molecule has 5 heteroatoms. The summed E-state index contributed by atoms with van der Waals surface area (Å²) in [5.41, 5.74) is 4.63. The minimum atomic E-state index is -0.185. The quantitative estimate of drug-likeness (QED) is 0.753. The molecule has 1 aromatic heterocycles. The molecule has 0 spiro atoms. The smallest absolute Gasteiger partial charge is 0.274 e. The Hall–Kier alpha value is -3.34. The van der Waals surface area contributed by atoms with Crippen LogP contribution in [-0.2, 0) is 0 Å². The fourth-order valence-electron chi connectivity index (χ4n) is 3.52. The summed E-state index contributed by atoms with van der Waals surface area (Å²) in [6, 6.07) is 22.1. The first-order valence-corrected chi connectivity index (χ1v) is 9.58. The van der Waals surface area contributed by atoms with Gasteiger partial charge in [-0.25, -0.2) is 0 Å². The van der Waals surface area contributed by atoms with Crippen LogP contribution in [-0.4, -0.2) is 37.1 Å². The van der Waals surface area contributed by atoms with Crippen molar-refractivity contribution in [2.45, 2.75) is 6.92 Å². The van der Waals surface area contributed by atoms with Crippen LogP contribution in [0.2, 0.25) is 0 Å². The predicted molar refractivity (Wildman–Crippen MR) is 114 cm³/mol. The number of nitrogens with zero attached hydrogens (tertiary/aromatic N) is 3. The van der Waals surface area contributed by atoms with E-state index >= 15 is 0 Å². The van der Waals surface area contributed by atoms with Crippen LogP contribution in [0.1, 0.15) is 16.1 Å². The zero-order valence-corrected chi connectivity index (χ0v) is 16.0. The first kappa shape index (κ1) is 18.0. The molecule has 1 saturated heterocycles. The maximum Gasteiger partial charge on any atom is 0.274 e. The zero-order chi connectivity index (χ0) is 19.3. The van der Waals surface area contributed by atoms with Gasteiger partial charge >= 0.3 is 0 Å². The van der Waals surface area contributed by atoms with E-state index in [1.54, 1.807) is 6.20 Å². The number of piperazine rings is 1. The van der Waals surface area contributed by atoms with Gasteiger partial charge in [-0.15, -0.1) is 0 Å². The minimum absolute atomic E-state index is 0.185. The lowest BCUT2D eigenvalue weighted by Crippen LogP contribution is -2.46. The number of aryl methyl sites for hydroxylation is 1. The Balaban J connectivity index is 1.42. The van der Waals surface area contributed by atoms with E-state index in [1.165, 1.54) is 5.69 Å². The highest BCUT2D eigenvalue weighted by Gasteiger charge is 2.18. The molecule has 1 aliphatic rings. The van der Waals surface area contributed by atoms with Gasteiger partial charge in [0.05, 0.1) is 0 Å². The van der Waals surface area contributed by atoms with Crippen LogP contribution in [0.15, 0.2) is 72.9 Å². The summed E-state index contributed by atoms with van der Waals surface area (Å²) >= 11 is 0. The van der Waals surface area contributed by atoms with E-state index in [0.29, 0.717) is 5.69 Å². The molecule has 0 atom stereocenters. The molecule has 0 aliphatic carbocycles. The Morgan fingerprint density at radius 1 is 0.857 bits per heavy atom. The van der Waals surface area contributed by atoms with E-state index in [-0.39, 0.29) is 5.91 Å². The van der Waals surface area contributed by atoms with E-state index in [4.69, 9.17) is 0 Å². The van der Waals surface area contributed by atoms with Crippen LogP contribution >= 0.6 is 0 Å². The second-order valence-electron chi connectivity index (χ2n) is 7.03. The number of benzene rings is 2. The number of aromatic nitrogens is 1. The zero-order valence-electron chi connectivity index (χ0n) is 16.0. The van der Waals surface area contributed by atoms with Crippen LogP contribution in [0.5, 0.6) is 0 Å². The molecule has 0 saturated carbocycles. The van der Waals surface area contributed by atoms with Crippen LogP contribution < -0.4 is 15.1 Å². The number of carbonyl (C=O) groups excluding carboxylic acids is 1. The summed E-state index contributed by atoms with van der Waals surface area (Å²) in [5, 5.41) is 2.93. The maximum absolute atomic E-state index is 12.6. The lowest BCUT2D eigenvalue weighted by Gasteiger charge is -2.37.